The average Bonchev–Trinajstić information content (AvgIpc) is 2.37. The van der Waals surface area contributed by atoms with Crippen molar-refractivity contribution in [3.63, 3.8) is 0 Å². The van der Waals surface area contributed by atoms with Gasteiger partial charge in [0.05, 0.1) is 4.92 Å². The maximum Gasteiger partial charge on any atom is 0.319 e. The molecule has 0 fully saturated rings. The SMILES string of the molecule is Cc1cc(NC(=O)NCCC(C)S(C)=O)ccc1[N+](=O)[O-]. The molecule has 0 spiro atoms. The third kappa shape index (κ3) is 5.50. The molecule has 8 heteroatoms. The second-order valence-electron chi connectivity index (χ2n) is 4.74. The topological polar surface area (TPSA) is 101 Å². The highest BCUT2D eigenvalue weighted by Gasteiger charge is 2.11. The maximum absolute atomic E-state index is 11.7. The predicted molar refractivity (Wildman–Crippen MR) is 83.0 cm³/mol. The Bertz CT molecular complexity index is 562. The number of amides is 2. The molecule has 0 radical (unpaired) electrons. The molecule has 2 N–H and O–H groups in total. The van der Waals surface area contributed by atoms with Crippen LogP contribution in [0.3, 0.4) is 0 Å². The largest absolute Gasteiger partial charge is 0.338 e. The molecule has 21 heavy (non-hydrogen) atoms. The minimum Gasteiger partial charge on any atom is -0.338 e. The van der Waals surface area contributed by atoms with Crippen LogP contribution in [-0.4, -0.2) is 33.2 Å². The molecule has 2 atom stereocenters. The second-order valence-corrected chi connectivity index (χ2v) is 6.54. The lowest BCUT2D eigenvalue weighted by molar-refractivity contribution is -0.385. The quantitative estimate of drug-likeness (QED) is 0.620. The number of nitrogens with zero attached hydrogens (tertiary/aromatic N) is 1. The van der Waals surface area contributed by atoms with Crippen molar-refractivity contribution in [2.45, 2.75) is 25.5 Å². The van der Waals surface area contributed by atoms with Gasteiger partial charge in [0.15, 0.2) is 0 Å². The summed E-state index contributed by atoms with van der Waals surface area (Å²) in [7, 11) is -0.909. The van der Waals surface area contributed by atoms with Crippen LogP contribution in [0.2, 0.25) is 0 Å². The fraction of sp³-hybridized carbons (Fsp3) is 0.462. The first-order valence-electron chi connectivity index (χ1n) is 6.43. The molecule has 1 aromatic carbocycles. The Morgan fingerprint density at radius 1 is 1.48 bits per heavy atom. The molecule has 7 nitrogen and oxygen atoms in total. The molecule has 0 saturated heterocycles. The van der Waals surface area contributed by atoms with Crippen LogP contribution in [0.5, 0.6) is 0 Å². The summed E-state index contributed by atoms with van der Waals surface area (Å²) in [6, 6.07) is 3.99. The molecule has 0 aliphatic heterocycles. The molecule has 1 rings (SSSR count). The zero-order valence-corrected chi connectivity index (χ0v) is 13.0. The van der Waals surface area contributed by atoms with Gasteiger partial charge in [-0.2, -0.15) is 0 Å². The Kier molecular flexibility index (Phi) is 6.29. The zero-order valence-electron chi connectivity index (χ0n) is 12.2. The van der Waals surface area contributed by atoms with Crippen LogP contribution in [0.15, 0.2) is 18.2 Å². The summed E-state index contributed by atoms with van der Waals surface area (Å²) in [6.07, 6.45) is 2.25. The van der Waals surface area contributed by atoms with Crippen molar-refractivity contribution >= 4 is 28.2 Å². The molecular weight excluding hydrogens is 294 g/mol. The van der Waals surface area contributed by atoms with Crippen LogP contribution in [-0.2, 0) is 10.8 Å². The minimum atomic E-state index is -0.909. The smallest absolute Gasteiger partial charge is 0.319 e. The van der Waals surface area contributed by atoms with Gasteiger partial charge < -0.3 is 10.6 Å². The van der Waals surface area contributed by atoms with E-state index in [9.17, 15) is 19.1 Å². The van der Waals surface area contributed by atoms with Gasteiger partial charge in [0.2, 0.25) is 0 Å². The highest BCUT2D eigenvalue weighted by atomic mass is 32.2. The lowest BCUT2D eigenvalue weighted by Crippen LogP contribution is -2.31. The lowest BCUT2D eigenvalue weighted by Gasteiger charge is -2.10. The van der Waals surface area contributed by atoms with Crippen molar-refractivity contribution in [2.75, 3.05) is 18.1 Å². The van der Waals surface area contributed by atoms with E-state index in [1.165, 1.54) is 12.1 Å². The fourth-order valence-electron chi connectivity index (χ4n) is 1.67. The number of anilines is 1. The van der Waals surface area contributed by atoms with Crippen LogP contribution in [0.25, 0.3) is 0 Å². The first kappa shape index (κ1) is 17.1. The maximum atomic E-state index is 11.7. The van der Waals surface area contributed by atoms with Gasteiger partial charge in [-0.3, -0.25) is 14.3 Å². The van der Waals surface area contributed by atoms with Gasteiger partial charge in [-0.1, -0.05) is 6.92 Å². The van der Waals surface area contributed by atoms with Crippen molar-refractivity contribution in [1.82, 2.24) is 5.32 Å². The van der Waals surface area contributed by atoms with Crippen LogP contribution in [0.4, 0.5) is 16.2 Å². The number of aryl methyl sites for hydroxylation is 1. The number of hydrogen-bond donors (Lipinski definition) is 2. The van der Waals surface area contributed by atoms with Gasteiger partial charge in [0, 0.05) is 46.2 Å². The van der Waals surface area contributed by atoms with Crippen molar-refractivity contribution < 1.29 is 13.9 Å². The van der Waals surface area contributed by atoms with E-state index in [1.54, 1.807) is 19.2 Å². The number of benzene rings is 1. The number of urea groups is 1. The Balaban J connectivity index is 2.50. The molecule has 0 aliphatic rings. The van der Waals surface area contributed by atoms with E-state index in [0.717, 1.165) is 0 Å². The van der Waals surface area contributed by atoms with Crippen LogP contribution in [0.1, 0.15) is 18.9 Å². The van der Waals surface area contributed by atoms with Gasteiger partial charge in [0.1, 0.15) is 0 Å². The van der Waals surface area contributed by atoms with E-state index >= 15 is 0 Å². The molecule has 0 aliphatic carbocycles. The molecule has 0 aromatic heterocycles. The molecule has 2 unspecified atom stereocenters. The number of carbonyl (C=O) groups is 1. The normalized spacial score (nSPS) is 13.3. The Morgan fingerprint density at radius 2 is 2.14 bits per heavy atom. The van der Waals surface area contributed by atoms with Gasteiger partial charge in [-0.25, -0.2) is 4.79 Å². The number of nitro benzene ring substituents is 1. The first-order chi connectivity index (χ1) is 9.81. The lowest BCUT2D eigenvalue weighted by atomic mass is 10.2. The summed E-state index contributed by atoms with van der Waals surface area (Å²) >= 11 is 0. The van der Waals surface area contributed by atoms with E-state index in [-0.39, 0.29) is 10.9 Å². The Hall–Kier alpha value is -1.96. The van der Waals surface area contributed by atoms with Crippen molar-refractivity contribution in [3.05, 3.63) is 33.9 Å². The number of rotatable bonds is 6. The van der Waals surface area contributed by atoms with Gasteiger partial charge >= 0.3 is 6.03 Å². The van der Waals surface area contributed by atoms with Gasteiger partial charge in [0.25, 0.3) is 5.69 Å². The van der Waals surface area contributed by atoms with Gasteiger partial charge in [-0.05, 0) is 25.5 Å². The Morgan fingerprint density at radius 3 is 2.67 bits per heavy atom. The Labute approximate surface area is 125 Å². The number of carbonyl (C=O) groups excluding carboxylic acids is 1. The number of nitro groups is 1. The summed E-state index contributed by atoms with van der Waals surface area (Å²) in [4.78, 5) is 21.9. The van der Waals surface area contributed by atoms with Crippen molar-refractivity contribution in [2.24, 2.45) is 0 Å². The highest BCUT2D eigenvalue weighted by Crippen LogP contribution is 2.21. The van der Waals surface area contributed by atoms with Crippen LogP contribution < -0.4 is 10.6 Å². The minimum absolute atomic E-state index is 0.0141. The third-order valence-electron chi connectivity index (χ3n) is 3.05. The summed E-state index contributed by atoms with van der Waals surface area (Å²) in [5, 5.41) is 16.0. The number of nitrogens with one attached hydrogen (secondary N) is 2. The standard InChI is InChI=1S/C13H19N3O4S/c1-9-8-11(4-5-12(9)16(18)19)15-13(17)14-7-6-10(2)21(3)20/h4-5,8,10H,6-7H2,1-3H3,(H2,14,15,17). The van der Waals surface area contributed by atoms with Gasteiger partial charge in [-0.15, -0.1) is 0 Å². The third-order valence-corrected chi connectivity index (χ3v) is 4.42. The van der Waals surface area contributed by atoms with E-state index in [1.807, 2.05) is 6.92 Å². The van der Waals surface area contributed by atoms with E-state index < -0.39 is 21.8 Å². The number of hydrogen-bond acceptors (Lipinski definition) is 4. The predicted octanol–water partition coefficient (Wildman–Crippen LogP) is 2.18. The van der Waals surface area contributed by atoms with Crippen molar-refractivity contribution in [1.29, 1.82) is 0 Å². The average molecular weight is 313 g/mol. The summed E-state index contributed by atoms with van der Waals surface area (Å²) in [6.45, 7) is 3.88. The highest BCUT2D eigenvalue weighted by molar-refractivity contribution is 7.84. The molecule has 0 bridgehead atoms. The van der Waals surface area contributed by atoms with E-state index in [0.29, 0.717) is 24.2 Å². The van der Waals surface area contributed by atoms with E-state index in [4.69, 9.17) is 0 Å². The van der Waals surface area contributed by atoms with Crippen molar-refractivity contribution in [3.8, 4) is 0 Å². The van der Waals surface area contributed by atoms with Crippen LogP contribution in [0, 0.1) is 17.0 Å². The van der Waals surface area contributed by atoms with E-state index in [2.05, 4.69) is 10.6 Å². The first-order valence-corrected chi connectivity index (χ1v) is 8.05. The second kappa shape index (κ2) is 7.72. The fourth-order valence-corrected chi connectivity index (χ4v) is 2.12. The van der Waals surface area contributed by atoms with Crippen LogP contribution >= 0.6 is 0 Å². The molecule has 0 heterocycles. The molecule has 116 valence electrons. The molecule has 0 saturated carbocycles. The summed E-state index contributed by atoms with van der Waals surface area (Å²) < 4.78 is 11.2. The summed E-state index contributed by atoms with van der Waals surface area (Å²) in [5.41, 5.74) is 0.982. The monoisotopic (exact) mass is 313 g/mol. The molecular formula is C13H19N3O4S. The molecule has 2 amide bonds. The summed E-state index contributed by atoms with van der Waals surface area (Å²) in [5.74, 6) is 0. The molecule has 1 aromatic rings. The zero-order chi connectivity index (χ0) is 16.0.